The fraction of sp³-hybridized carbons (Fsp3) is 0.143. The molecule has 0 aliphatic carbocycles. The van der Waals surface area contributed by atoms with Gasteiger partial charge >= 0.3 is 0 Å². The topological polar surface area (TPSA) is 50.4 Å². The Morgan fingerprint density at radius 3 is 2.48 bits per heavy atom. The smallest absolute Gasteiger partial charge is 0.234 e. The lowest BCUT2D eigenvalue weighted by Gasteiger charge is -2.19. The maximum Gasteiger partial charge on any atom is 0.234 e. The van der Waals surface area contributed by atoms with E-state index in [1.807, 2.05) is 30.3 Å². The van der Waals surface area contributed by atoms with Crippen LogP contribution in [0.4, 0.5) is 0 Å². The van der Waals surface area contributed by atoms with Gasteiger partial charge in [0.2, 0.25) is 9.57 Å². The Kier molecular flexibility index (Phi) is 3.80. The van der Waals surface area contributed by atoms with Gasteiger partial charge in [-0.3, -0.25) is 4.40 Å². The number of aliphatic hydroxyl groups is 1. The fourth-order valence-corrected chi connectivity index (χ4v) is 2.44. The van der Waals surface area contributed by atoms with E-state index in [1.54, 1.807) is 22.9 Å². The Hall–Kier alpha value is -1.33. The number of aromatic nitrogens is 3. The van der Waals surface area contributed by atoms with Gasteiger partial charge in [-0.25, -0.2) is 9.97 Å². The van der Waals surface area contributed by atoms with Crippen molar-refractivity contribution in [3.63, 3.8) is 0 Å². The van der Waals surface area contributed by atoms with Gasteiger partial charge in [0.15, 0.2) is 0 Å². The number of hydrogen-bond acceptors (Lipinski definition) is 3. The van der Waals surface area contributed by atoms with E-state index in [-0.39, 0.29) is 0 Å². The summed E-state index contributed by atoms with van der Waals surface area (Å²) in [6.45, 7) is 0. The maximum absolute atomic E-state index is 10.4. The largest absolute Gasteiger partial charge is 0.382 e. The standard InChI is InChI=1S/C14H10Cl3N3O/c15-14(16,17)12(21)11-10(9-5-2-1-3-6-9)19-13-18-7-4-8-20(11)13/h1-8,12,21H/t12-/m1/s1. The fourth-order valence-electron chi connectivity index (χ4n) is 2.13. The third-order valence-corrected chi connectivity index (χ3v) is 3.68. The SMILES string of the molecule is O[C@H](c1c(-c2ccccc2)nc2ncccn12)C(Cl)(Cl)Cl. The van der Waals surface area contributed by atoms with Gasteiger partial charge in [-0.05, 0) is 6.07 Å². The van der Waals surface area contributed by atoms with Crippen molar-refractivity contribution in [2.45, 2.75) is 9.90 Å². The first kappa shape index (κ1) is 14.6. The lowest BCUT2D eigenvalue weighted by Crippen LogP contribution is -2.19. The normalized spacial score (nSPS) is 13.5. The predicted octanol–water partition coefficient (Wildman–Crippen LogP) is 3.80. The second kappa shape index (κ2) is 5.46. The third kappa shape index (κ3) is 2.72. The number of rotatable bonds is 2. The van der Waals surface area contributed by atoms with Crippen molar-refractivity contribution in [2.75, 3.05) is 0 Å². The molecule has 21 heavy (non-hydrogen) atoms. The molecule has 0 fully saturated rings. The summed E-state index contributed by atoms with van der Waals surface area (Å²) in [6.07, 6.45) is 2.00. The molecule has 0 saturated carbocycles. The Balaban J connectivity index is 2.29. The van der Waals surface area contributed by atoms with E-state index in [0.717, 1.165) is 5.56 Å². The van der Waals surface area contributed by atoms with Crippen LogP contribution in [0.5, 0.6) is 0 Å². The molecule has 7 heteroatoms. The Morgan fingerprint density at radius 1 is 1.10 bits per heavy atom. The molecule has 0 aliphatic rings. The zero-order valence-electron chi connectivity index (χ0n) is 10.6. The van der Waals surface area contributed by atoms with Gasteiger partial charge in [0, 0.05) is 18.0 Å². The first-order chi connectivity index (χ1) is 9.98. The summed E-state index contributed by atoms with van der Waals surface area (Å²) in [7, 11) is 0. The average Bonchev–Trinajstić information content (AvgIpc) is 2.85. The van der Waals surface area contributed by atoms with Crippen molar-refractivity contribution in [3.05, 3.63) is 54.5 Å². The van der Waals surface area contributed by atoms with Gasteiger partial charge in [0.25, 0.3) is 0 Å². The molecule has 1 aromatic carbocycles. The molecule has 0 bridgehead atoms. The van der Waals surface area contributed by atoms with Crippen LogP contribution in [0, 0.1) is 0 Å². The minimum absolute atomic E-state index is 0.393. The van der Waals surface area contributed by atoms with Crippen molar-refractivity contribution in [1.29, 1.82) is 0 Å². The van der Waals surface area contributed by atoms with Crippen molar-refractivity contribution in [1.82, 2.24) is 14.4 Å². The maximum atomic E-state index is 10.4. The Morgan fingerprint density at radius 2 is 1.81 bits per heavy atom. The van der Waals surface area contributed by atoms with Crippen LogP contribution < -0.4 is 0 Å². The summed E-state index contributed by atoms with van der Waals surface area (Å²) >= 11 is 17.6. The molecule has 0 unspecified atom stereocenters. The van der Waals surface area contributed by atoms with Crippen LogP contribution in [-0.4, -0.2) is 23.3 Å². The summed E-state index contributed by atoms with van der Waals surface area (Å²) in [5.74, 6) is 0.430. The molecule has 0 radical (unpaired) electrons. The first-order valence-electron chi connectivity index (χ1n) is 6.11. The molecule has 0 spiro atoms. The van der Waals surface area contributed by atoms with Crippen LogP contribution in [0.15, 0.2) is 48.8 Å². The van der Waals surface area contributed by atoms with Gasteiger partial charge in [-0.15, -0.1) is 0 Å². The molecular formula is C14H10Cl3N3O. The monoisotopic (exact) mass is 341 g/mol. The average molecular weight is 343 g/mol. The highest BCUT2D eigenvalue weighted by Gasteiger charge is 2.36. The third-order valence-electron chi connectivity index (χ3n) is 3.06. The second-order valence-electron chi connectivity index (χ2n) is 4.45. The van der Waals surface area contributed by atoms with Gasteiger partial charge in [-0.2, -0.15) is 0 Å². The van der Waals surface area contributed by atoms with Crippen molar-refractivity contribution in [2.24, 2.45) is 0 Å². The number of imidazole rings is 1. The Bertz CT molecular complexity index is 768. The molecule has 3 rings (SSSR count). The minimum atomic E-state index is -1.87. The number of fused-ring (bicyclic) bond motifs is 1. The van der Waals surface area contributed by atoms with E-state index in [4.69, 9.17) is 34.8 Å². The highest BCUT2D eigenvalue weighted by Crippen LogP contribution is 2.42. The Labute approximate surface area is 135 Å². The van der Waals surface area contributed by atoms with Gasteiger partial charge in [0.1, 0.15) is 6.10 Å². The molecule has 0 amide bonds. The summed E-state index contributed by atoms with van der Waals surface area (Å²) in [6, 6.07) is 11.1. The predicted molar refractivity (Wildman–Crippen MR) is 83.7 cm³/mol. The summed E-state index contributed by atoms with van der Waals surface area (Å²) in [5, 5.41) is 10.4. The highest BCUT2D eigenvalue weighted by atomic mass is 35.6. The van der Waals surface area contributed by atoms with E-state index in [0.29, 0.717) is 17.2 Å². The van der Waals surface area contributed by atoms with E-state index < -0.39 is 9.90 Å². The first-order valence-corrected chi connectivity index (χ1v) is 7.25. The summed E-state index contributed by atoms with van der Waals surface area (Å²) in [5.41, 5.74) is 1.74. The second-order valence-corrected chi connectivity index (χ2v) is 6.81. The van der Waals surface area contributed by atoms with Crippen LogP contribution in [0.25, 0.3) is 17.0 Å². The van der Waals surface area contributed by atoms with E-state index in [9.17, 15) is 5.11 Å². The van der Waals surface area contributed by atoms with Crippen molar-refractivity contribution < 1.29 is 5.11 Å². The molecular weight excluding hydrogens is 333 g/mol. The summed E-state index contributed by atoms with van der Waals surface area (Å²) < 4.78 is -0.246. The number of nitrogens with zero attached hydrogens (tertiary/aromatic N) is 3. The van der Waals surface area contributed by atoms with Crippen LogP contribution in [0.3, 0.4) is 0 Å². The zero-order chi connectivity index (χ0) is 15.0. The van der Waals surface area contributed by atoms with E-state index >= 15 is 0 Å². The number of aliphatic hydroxyl groups excluding tert-OH is 1. The van der Waals surface area contributed by atoms with E-state index in [2.05, 4.69) is 9.97 Å². The summed E-state index contributed by atoms with van der Waals surface area (Å²) in [4.78, 5) is 8.60. The lowest BCUT2D eigenvalue weighted by molar-refractivity contribution is 0.177. The molecule has 2 aromatic heterocycles. The number of hydrogen-bond donors (Lipinski definition) is 1. The molecule has 2 heterocycles. The number of benzene rings is 1. The van der Waals surface area contributed by atoms with Gasteiger partial charge in [0.05, 0.1) is 11.4 Å². The number of alkyl halides is 3. The van der Waals surface area contributed by atoms with Gasteiger partial charge < -0.3 is 5.11 Å². The van der Waals surface area contributed by atoms with Crippen LogP contribution >= 0.6 is 34.8 Å². The lowest BCUT2D eigenvalue weighted by atomic mass is 10.1. The minimum Gasteiger partial charge on any atom is -0.382 e. The zero-order valence-corrected chi connectivity index (χ0v) is 12.9. The molecule has 3 aromatic rings. The van der Waals surface area contributed by atoms with Crippen LogP contribution in [0.2, 0.25) is 0 Å². The molecule has 1 N–H and O–H groups in total. The highest BCUT2D eigenvalue weighted by molar-refractivity contribution is 6.68. The van der Waals surface area contributed by atoms with Crippen LogP contribution in [-0.2, 0) is 0 Å². The van der Waals surface area contributed by atoms with E-state index in [1.165, 1.54) is 0 Å². The molecule has 4 nitrogen and oxygen atoms in total. The van der Waals surface area contributed by atoms with Crippen molar-refractivity contribution in [3.8, 4) is 11.3 Å². The molecule has 0 saturated heterocycles. The molecule has 1 atom stereocenters. The molecule has 108 valence electrons. The van der Waals surface area contributed by atoms with Gasteiger partial charge in [-0.1, -0.05) is 65.1 Å². The molecule has 0 aliphatic heterocycles. The van der Waals surface area contributed by atoms with Crippen molar-refractivity contribution >= 4 is 40.6 Å². The van der Waals surface area contributed by atoms with Crippen LogP contribution in [0.1, 0.15) is 11.8 Å². The number of halogens is 3. The quantitative estimate of drug-likeness (QED) is 0.721.